The third-order valence-electron chi connectivity index (χ3n) is 5.51. The fourth-order valence-corrected chi connectivity index (χ4v) is 3.48. The van der Waals surface area contributed by atoms with Gasteiger partial charge in [-0.25, -0.2) is 0 Å². The molecule has 9 N–H and O–H groups in total. The van der Waals surface area contributed by atoms with E-state index in [4.69, 9.17) is 25.7 Å². The second-order valence-corrected chi connectivity index (χ2v) is 8.71. The smallest absolute Gasteiger partial charge is 0.303 e. The summed E-state index contributed by atoms with van der Waals surface area (Å²) in [6.07, 6.45) is -3.67. The molecule has 14 nitrogen and oxygen atoms in total. The van der Waals surface area contributed by atoms with Gasteiger partial charge in [-0.2, -0.15) is 0 Å². The predicted molar refractivity (Wildman–Crippen MR) is 125 cm³/mol. The zero-order valence-electron chi connectivity index (χ0n) is 20.8. The minimum atomic E-state index is -1.47. The molecular formula is C22H40N4O10. The van der Waals surface area contributed by atoms with Crippen molar-refractivity contribution in [2.24, 2.45) is 11.5 Å². The highest BCUT2D eigenvalue weighted by Crippen LogP contribution is 2.25. The molecule has 1 aliphatic heterocycles. The van der Waals surface area contributed by atoms with Crippen molar-refractivity contribution in [2.75, 3.05) is 19.8 Å². The third kappa shape index (κ3) is 11.1. The van der Waals surface area contributed by atoms with Gasteiger partial charge in [0.1, 0.15) is 24.4 Å². The highest BCUT2D eigenvalue weighted by atomic mass is 16.7. The standard InChI is InChI=1S/C22H40N4O10/c1-12(23)20(32)26-14(7-8-16(24)29)21(33)25-9-5-3-4-6-10-34-22-19(35-13(2)28)18(31)17(30)15(11-27)36-22/h12,14-15,17-19,22,27,30-31H,3-11,23H2,1-2H3,(H2,24,29)(H,25,33)(H,26,32)/t12-,14+,15-,17-,18+,19+,22-/m1/s1. The number of carbonyl (C=O) groups excluding carboxylic acids is 4. The Morgan fingerprint density at radius 3 is 2.31 bits per heavy atom. The van der Waals surface area contributed by atoms with E-state index < -0.39 is 73.1 Å². The number of carbonyl (C=O) groups is 4. The average Bonchev–Trinajstić information content (AvgIpc) is 2.81. The second-order valence-electron chi connectivity index (χ2n) is 8.71. The highest BCUT2D eigenvalue weighted by Gasteiger charge is 2.46. The largest absolute Gasteiger partial charge is 0.454 e. The lowest BCUT2D eigenvalue weighted by Crippen LogP contribution is -2.60. The number of aliphatic hydroxyl groups is 3. The zero-order chi connectivity index (χ0) is 27.3. The van der Waals surface area contributed by atoms with Crippen molar-refractivity contribution in [1.82, 2.24) is 10.6 Å². The lowest BCUT2D eigenvalue weighted by Gasteiger charge is -2.41. The molecule has 7 atom stereocenters. The topological polar surface area (TPSA) is 233 Å². The van der Waals surface area contributed by atoms with E-state index in [0.29, 0.717) is 19.4 Å². The minimum Gasteiger partial charge on any atom is -0.454 e. The van der Waals surface area contributed by atoms with E-state index in [0.717, 1.165) is 19.8 Å². The highest BCUT2D eigenvalue weighted by molar-refractivity contribution is 5.89. The third-order valence-corrected chi connectivity index (χ3v) is 5.51. The molecule has 0 bridgehead atoms. The van der Waals surface area contributed by atoms with Gasteiger partial charge >= 0.3 is 5.97 Å². The molecule has 0 aromatic heterocycles. The normalized spacial score (nSPS) is 25.4. The second kappa shape index (κ2) is 16.4. The maximum atomic E-state index is 12.4. The lowest BCUT2D eigenvalue weighted by atomic mass is 9.99. The van der Waals surface area contributed by atoms with E-state index in [2.05, 4.69) is 10.6 Å². The summed E-state index contributed by atoms with van der Waals surface area (Å²) in [6, 6.07) is -1.72. The maximum Gasteiger partial charge on any atom is 0.303 e. The van der Waals surface area contributed by atoms with E-state index in [-0.39, 0.29) is 19.4 Å². The number of rotatable bonds is 16. The molecule has 0 aromatic carbocycles. The van der Waals surface area contributed by atoms with Crippen LogP contribution in [0.4, 0.5) is 0 Å². The van der Waals surface area contributed by atoms with Crippen molar-refractivity contribution in [3.63, 3.8) is 0 Å². The molecule has 1 fully saturated rings. The van der Waals surface area contributed by atoms with Crippen LogP contribution in [0.3, 0.4) is 0 Å². The Kier molecular flexibility index (Phi) is 14.4. The van der Waals surface area contributed by atoms with Gasteiger partial charge in [-0.3, -0.25) is 19.2 Å². The number of amides is 3. The van der Waals surface area contributed by atoms with Gasteiger partial charge in [-0.15, -0.1) is 0 Å². The van der Waals surface area contributed by atoms with Gasteiger partial charge in [0.15, 0.2) is 12.4 Å². The van der Waals surface area contributed by atoms with E-state index >= 15 is 0 Å². The molecule has 1 rings (SSSR count). The molecule has 0 saturated carbocycles. The number of hydrogen-bond donors (Lipinski definition) is 7. The maximum absolute atomic E-state index is 12.4. The fourth-order valence-electron chi connectivity index (χ4n) is 3.48. The van der Waals surface area contributed by atoms with Crippen LogP contribution in [0.15, 0.2) is 0 Å². The summed E-state index contributed by atoms with van der Waals surface area (Å²) in [5.41, 5.74) is 10.6. The summed E-state index contributed by atoms with van der Waals surface area (Å²) in [4.78, 5) is 46.6. The number of unbranched alkanes of at least 4 members (excludes halogenated alkanes) is 3. The van der Waals surface area contributed by atoms with Crippen LogP contribution in [0, 0.1) is 0 Å². The minimum absolute atomic E-state index is 0.0601. The van der Waals surface area contributed by atoms with Gasteiger partial charge in [0.2, 0.25) is 17.7 Å². The van der Waals surface area contributed by atoms with Gasteiger partial charge in [0.25, 0.3) is 0 Å². The molecule has 208 valence electrons. The first-order valence-corrected chi connectivity index (χ1v) is 12.0. The Morgan fingerprint density at radius 2 is 1.72 bits per heavy atom. The fraction of sp³-hybridized carbons (Fsp3) is 0.818. The van der Waals surface area contributed by atoms with Crippen molar-refractivity contribution in [2.45, 2.75) is 95.2 Å². The summed E-state index contributed by atoms with van der Waals surface area (Å²) in [6.45, 7) is 2.64. The van der Waals surface area contributed by atoms with Crippen molar-refractivity contribution in [1.29, 1.82) is 0 Å². The molecular weight excluding hydrogens is 480 g/mol. The number of ether oxygens (including phenoxy) is 3. The van der Waals surface area contributed by atoms with Crippen LogP contribution in [0.2, 0.25) is 0 Å². The van der Waals surface area contributed by atoms with Crippen molar-refractivity contribution in [3.8, 4) is 0 Å². The molecule has 1 saturated heterocycles. The Bertz CT molecular complexity index is 723. The molecule has 0 aliphatic carbocycles. The number of primary amides is 1. The van der Waals surface area contributed by atoms with Gasteiger partial charge < -0.3 is 51.6 Å². The van der Waals surface area contributed by atoms with E-state index in [9.17, 15) is 34.5 Å². The summed E-state index contributed by atoms with van der Waals surface area (Å²) in [5.74, 6) is -2.20. The van der Waals surface area contributed by atoms with E-state index in [1.54, 1.807) is 0 Å². The molecule has 1 aliphatic rings. The first-order chi connectivity index (χ1) is 17.0. The van der Waals surface area contributed by atoms with E-state index in [1.165, 1.54) is 6.92 Å². The Labute approximate surface area is 210 Å². The summed E-state index contributed by atoms with van der Waals surface area (Å²) >= 11 is 0. The van der Waals surface area contributed by atoms with Crippen molar-refractivity contribution < 1.29 is 48.7 Å². The average molecular weight is 521 g/mol. The van der Waals surface area contributed by atoms with Gasteiger partial charge in [0.05, 0.1) is 12.6 Å². The van der Waals surface area contributed by atoms with Gasteiger partial charge in [0, 0.05) is 26.5 Å². The van der Waals surface area contributed by atoms with Crippen molar-refractivity contribution >= 4 is 23.7 Å². The molecule has 14 heteroatoms. The summed E-state index contributed by atoms with van der Waals surface area (Å²) < 4.78 is 16.0. The number of nitrogens with one attached hydrogen (secondary N) is 2. The first kappa shape index (κ1) is 31.7. The van der Waals surface area contributed by atoms with Crippen molar-refractivity contribution in [3.05, 3.63) is 0 Å². The van der Waals surface area contributed by atoms with Crippen LogP contribution in [0.25, 0.3) is 0 Å². The summed E-state index contributed by atoms with van der Waals surface area (Å²) in [5, 5.41) is 34.7. The molecule has 0 unspecified atom stereocenters. The molecule has 1 heterocycles. The lowest BCUT2D eigenvalue weighted by molar-refractivity contribution is -0.304. The van der Waals surface area contributed by atoms with Gasteiger partial charge in [-0.05, 0) is 26.2 Å². The van der Waals surface area contributed by atoms with Crippen LogP contribution in [0.5, 0.6) is 0 Å². The number of aliphatic hydroxyl groups excluding tert-OH is 3. The monoisotopic (exact) mass is 520 g/mol. The number of hydrogen-bond acceptors (Lipinski definition) is 11. The van der Waals surface area contributed by atoms with E-state index in [1.807, 2.05) is 0 Å². The summed E-state index contributed by atoms with van der Waals surface area (Å²) in [7, 11) is 0. The Hall–Kier alpha value is -2.36. The zero-order valence-corrected chi connectivity index (χ0v) is 20.8. The first-order valence-electron chi connectivity index (χ1n) is 12.0. The van der Waals surface area contributed by atoms with Crippen LogP contribution < -0.4 is 22.1 Å². The van der Waals surface area contributed by atoms with Crippen LogP contribution in [-0.4, -0.2) is 102 Å². The van der Waals surface area contributed by atoms with Crippen LogP contribution in [-0.2, 0) is 33.4 Å². The molecule has 0 aromatic rings. The quantitative estimate of drug-likeness (QED) is 0.0808. The Morgan fingerprint density at radius 1 is 1.06 bits per heavy atom. The number of nitrogens with two attached hydrogens (primary N) is 2. The predicted octanol–water partition coefficient (Wildman–Crippen LogP) is -2.85. The van der Waals surface area contributed by atoms with Crippen LogP contribution in [0.1, 0.15) is 52.4 Å². The molecule has 36 heavy (non-hydrogen) atoms. The van der Waals surface area contributed by atoms with Crippen LogP contribution >= 0.6 is 0 Å². The molecule has 0 spiro atoms. The SMILES string of the molecule is CC(=O)O[C@@H]1[C@H](OCCCCCCNC(=O)[C@H](CCC(N)=O)NC(=O)[C@@H](C)N)O[C@H](CO)[C@@H](O)[C@@H]1O. The van der Waals surface area contributed by atoms with Gasteiger partial charge in [-0.1, -0.05) is 12.8 Å². The molecule has 0 radical (unpaired) electrons. The number of esters is 1. The molecule has 3 amide bonds. The Balaban J connectivity index is 2.36.